The fourth-order valence-corrected chi connectivity index (χ4v) is 2.53. The minimum absolute atomic E-state index is 0.509. The van der Waals surface area contributed by atoms with Crippen molar-refractivity contribution in [3.63, 3.8) is 0 Å². The molecule has 4 nitrogen and oxygen atoms in total. The van der Waals surface area contributed by atoms with Crippen molar-refractivity contribution in [1.82, 2.24) is 15.0 Å². The van der Waals surface area contributed by atoms with Crippen molar-refractivity contribution in [3.05, 3.63) is 11.7 Å². The Labute approximate surface area is 76.9 Å². The summed E-state index contributed by atoms with van der Waals surface area (Å²) in [6.07, 6.45) is 1.30. The van der Waals surface area contributed by atoms with Crippen molar-refractivity contribution in [1.29, 1.82) is 0 Å². The summed E-state index contributed by atoms with van der Waals surface area (Å²) in [5.41, 5.74) is 0. The van der Waals surface area contributed by atoms with Crippen LogP contribution in [0.15, 0.2) is 4.52 Å². The van der Waals surface area contributed by atoms with E-state index in [0.717, 1.165) is 24.2 Å². The monoisotopic (exact) mass is 179 g/mol. The molecule has 0 N–H and O–H groups in total. The number of hydrogen-bond acceptors (Lipinski definition) is 4. The van der Waals surface area contributed by atoms with E-state index in [1.54, 1.807) is 0 Å². The molecule has 3 atom stereocenters. The first-order valence-electron chi connectivity index (χ1n) is 4.85. The lowest BCUT2D eigenvalue weighted by Crippen LogP contribution is -2.22. The fraction of sp³-hybridized carbons (Fsp3) is 0.778. The zero-order valence-electron chi connectivity index (χ0n) is 7.73. The van der Waals surface area contributed by atoms with E-state index in [9.17, 15) is 0 Å². The zero-order chi connectivity index (χ0) is 8.84. The standard InChI is InChI=1S/C9H13N3O/c1-6-10-9(13-11-6)8-5-12-3-2-7(8)4-12/h7-8H,2-5H2,1H3/t7-,8+/m1/s1. The normalized spacial score (nSPS) is 37.2. The van der Waals surface area contributed by atoms with E-state index in [2.05, 4.69) is 15.0 Å². The Bertz CT molecular complexity index is 322. The molecular weight excluding hydrogens is 166 g/mol. The molecule has 4 heteroatoms. The molecule has 3 heterocycles. The van der Waals surface area contributed by atoms with Crippen LogP contribution in [0, 0.1) is 12.8 Å². The first kappa shape index (κ1) is 7.50. The van der Waals surface area contributed by atoms with Gasteiger partial charge in [-0.25, -0.2) is 0 Å². The molecule has 1 aromatic rings. The number of fused-ring (bicyclic) bond motifs is 2. The molecule has 70 valence electrons. The lowest BCUT2D eigenvalue weighted by Gasteiger charge is -2.17. The third-order valence-electron chi connectivity index (χ3n) is 3.19. The van der Waals surface area contributed by atoms with Crippen LogP contribution >= 0.6 is 0 Å². The number of piperidine rings is 1. The lowest BCUT2D eigenvalue weighted by molar-refractivity contribution is 0.288. The van der Waals surface area contributed by atoms with E-state index in [1.807, 2.05) is 6.92 Å². The van der Waals surface area contributed by atoms with Gasteiger partial charge in [0.05, 0.1) is 5.92 Å². The van der Waals surface area contributed by atoms with Crippen LogP contribution in [-0.2, 0) is 0 Å². The van der Waals surface area contributed by atoms with Gasteiger partial charge in [-0.05, 0) is 25.8 Å². The number of rotatable bonds is 1. The van der Waals surface area contributed by atoms with Gasteiger partial charge in [-0.3, -0.25) is 0 Å². The molecule has 2 aliphatic heterocycles. The highest BCUT2D eigenvalue weighted by Crippen LogP contribution is 2.38. The maximum atomic E-state index is 5.21. The molecule has 2 aliphatic rings. The molecule has 2 fully saturated rings. The van der Waals surface area contributed by atoms with E-state index >= 15 is 0 Å². The van der Waals surface area contributed by atoms with E-state index in [1.165, 1.54) is 19.5 Å². The van der Waals surface area contributed by atoms with E-state index in [0.29, 0.717) is 5.92 Å². The SMILES string of the molecule is Cc1noc([C@H]2CN3CC[C@@H]2C3)n1. The van der Waals surface area contributed by atoms with Gasteiger partial charge in [0, 0.05) is 13.1 Å². The van der Waals surface area contributed by atoms with Gasteiger partial charge < -0.3 is 9.42 Å². The van der Waals surface area contributed by atoms with Crippen molar-refractivity contribution in [3.8, 4) is 0 Å². The molecular formula is C9H13N3O. The molecule has 2 saturated heterocycles. The molecule has 0 saturated carbocycles. The summed E-state index contributed by atoms with van der Waals surface area (Å²) in [4.78, 5) is 6.79. The van der Waals surface area contributed by atoms with Crippen LogP contribution in [0.1, 0.15) is 24.1 Å². The Balaban J connectivity index is 1.87. The summed E-state index contributed by atoms with van der Waals surface area (Å²) in [5.74, 6) is 2.88. The van der Waals surface area contributed by atoms with Crippen molar-refractivity contribution in [2.24, 2.45) is 5.92 Å². The van der Waals surface area contributed by atoms with Gasteiger partial charge in [0.1, 0.15) is 0 Å². The summed E-state index contributed by atoms with van der Waals surface area (Å²) < 4.78 is 5.21. The van der Waals surface area contributed by atoms with Gasteiger partial charge in [0.25, 0.3) is 0 Å². The molecule has 0 amide bonds. The molecule has 0 aromatic carbocycles. The Morgan fingerprint density at radius 2 is 2.38 bits per heavy atom. The second-order valence-corrected chi connectivity index (χ2v) is 4.09. The molecule has 1 aromatic heterocycles. The Hall–Kier alpha value is -0.900. The summed E-state index contributed by atoms with van der Waals surface area (Å²) in [5, 5.41) is 3.84. The van der Waals surface area contributed by atoms with Crippen molar-refractivity contribution in [2.75, 3.05) is 19.6 Å². The maximum absolute atomic E-state index is 5.21. The highest BCUT2D eigenvalue weighted by atomic mass is 16.5. The van der Waals surface area contributed by atoms with Gasteiger partial charge in [-0.2, -0.15) is 4.98 Å². The minimum Gasteiger partial charge on any atom is -0.339 e. The predicted octanol–water partition coefficient (Wildman–Crippen LogP) is 0.797. The predicted molar refractivity (Wildman–Crippen MR) is 46.3 cm³/mol. The average molecular weight is 179 g/mol. The molecule has 1 unspecified atom stereocenters. The quantitative estimate of drug-likeness (QED) is 0.639. The number of nitrogens with zero attached hydrogens (tertiary/aromatic N) is 3. The minimum atomic E-state index is 0.509. The third kappa shape index (κ3) is 1.09. The first-order chi connectivity index (χ1) is 6.33. The van der Waals surface area contributed by atoms with Crippen molar-refractivity contribution < 1.29 is 4.52 Å². The lowest BCUT2D eigenvalue weighted by atomic mass is 9.93. The number of hydrogen-bond donors (Lipinski definition) is 0. The van der Waals surface area contributed by atoms with Gasteiger partial charge in [0.15, 0.2) is 5.82 Å². The molecule has 13 heavy (non-hydrogen) atoms. The summed E-state index contributed by atoms with van der Waals surface area (Å²) in [6, 6.07) is 0. The Kier molecular flexibility index (Phi) is 1.47. The van der Waals surface area contributed by atoms with Gasteiger partial charge >= 0.3 is 0 Å². The molecule has 2 bridgehead atoms. The zero-order valence-corrected chi connectivity index (χ0v) is 7.73. The Morgan fingerprint density at radius 3 is 2.92 bits per heavy atom. The summed E-state index contributed by atoms with van der Waals surface area (Å²) in [7, 11) is 0. The first-order valence-corrected chi connectivity index (χ1v) is 4.85. The second kappa shape index (κ2) is 2.54. The van der Waals surface area contributed by atoms with E-state index < -0.39 is 0 Å². The van der Waals surface area contributed by atoms with Crippen LogP contribution in [0.4, 0.5) is 0 Å². The highest BCUT2D eigenvalue weighted by molar-refractivity contribution is 5.05. The van der Waals surface area contributed by atoms with Crippen LogP contribution < -0.4 is 0 Å². The topological polar surface area (TPSA) is 42.2 Å². The van der Waals surface area contributed by atoms with Crippen molar-refractivity contribution in [2.45, 2.75) is 19.3 Å². The highest BCUT2D eigenvalue weighted by Gasteiger charge is 2.41. The number of aromatic nitrogens is 2. The number of aryl methyl sites for hydroxylation is 1. The van der Waals surface area contributed by atoms with Crippen LogP contribution in [0.2, 0.25) is 0 Å². The van der Waals surface area contributed by atoms with Crippen molar-refractivity contribution >= 4 is 0 Å². The second-order valence-electron chi connectivity index (χ2n) is 4.09. The maximum Gasteiger partial charge on any atom is 0.231 e. The summed E-state index contributed by atoms with van der Waals surface area (Å²) >= 11 is 0. The third-order valence-corrected chi connectivity index (χ3v) is 3.19. The van der Waals surface area contributed by atoms with Gasteiger partial charge in [0.2, 0.25) is 5.89 Å². The fourth-order valence-electron chi connectivity index (χ4n) is 2.53. The molecule has 0 radical (unpaired) electrons. The molecule has 0 aliphatic carbocycles. The van der Waals surface area contributed by atoms with Crippen LogP contribution in [0.3, 0.4) is 0 Å². The van der Waals surface area contributed by atoms with Gasteiger partial charge in [-0.15, -0.1) is 0 Å². The smallest absolute Gasteiger partial charge is 0.231 e. The van der Waals surface area contributed by atoms with Crippen LogP contribution in [0.5, 0.6) is 0 Å². The molecule has 0 spiro atoms. The van der Waals surface area contributed by atoms with Gasteiger partial charge in [-0.1, -0.05) is 5.16 Å². The Morgan fingerprint density at radius 1 is 1.46 bits per heavy atom. The average Bonchev–Trinajstić information content (AvgIpc) is 2.77. The van der Waals surface area contributed by atoms with E-state index in [-0.39, 0.29) is 0 Å². The van der Waals surface area contributed by atoms with E-state index in [4.69, 9.17) is 4.52 Å². The summed E-state index contributed by atoms with van der Waals surface area (Å²) in [6.45, 7) is 5.48. The van der Waals surface area contributed by atoms with Crippen LogP contribution in [-0.4, -0.2) is 34.7 Å². The molecule has 3 rings (SSSR count). The van der Waals surface area contributed by atoms with Crippen LogP contribution in [0.25, 0.3) is 0 Å². The largest absolute Gasteiger partial charge is 0.339 e.